The minimum absolute atomic E-state index is 0.00809. The van der Waals surface area contributed by atoms with Crippen molar-refractivity contribution in [1.29, 1.82) is 0 Å². The third kappa shape index (κ3) is 8.01. The Labute approximate surface area is 484 Å². The Bertz CT molecular complexity index is 4310. The summed E-state index contributed by atoms with van der Waals surface area (Å²) >= 11 is 0. The lowest BCUT2D eigenvalue weighted by Crippen LogP contribution is -2.16. The van der Waals surface area contributed by atoms with Crippen molar-refractivity contribution in [3.63, 3.8) is 0 Å². The molecular formula is C70H52O15. The van der Waals surface area contributed by atoms with Gasteiger partial charge in [0.1, 0.15) is 105 Å². The van der Waals surface area contributed by atoms with Crippen LogP contribution in [0, 0.1) is 0 Å². The quantitative estimate of drug-likeness (QED) is 0.0674. The van der Waals surface area contributed by atoms with Crippen LogP contribution in [0.4, 0.5) is 0 Å². The third-order valence-corrected chi connectivity index (χ3v) is 18.0. The molecule has 15 nitrogen and oxygen atoms in total. The molecule has 3 aliphatic heterocycles. The molecule has 10 aromatic carbocycles. The van der Waals surface area contributed by atoms with Crippen LogP contribution in [0.2, 0.25) is 0 Å². The highest BCUT2D eigenvalue weighted by Crippen LogP contribution is 2.74. The molecule has 422 valence electrons. The van der Waals surface area contributed by atoms with E-state index in [0.29, 0.717) is 89.2 Å². The smallest absolute Gasteiger partial charge is 0.135 e. The number of hydrogen-bond donors (Lipinski definition) is 12. The number of ether oxygens (including phenoxy) is 3. The van der Waals surface area contributed by atoms with Crippen LogP contribution >= 0.6 is 0 Å². The van der Waals surface area contributed by atoms with Crippen LogP contribution in [0.3, 0.4) is 0 Å². The fourth-order valence-corrected chi connectivity index (χ4v) is 14.9. The summed E-state index contributed by atoms with van der Waals surface area (Å²) in [6.07, 6.45) is -2.64. The summed E-state index contributed by atoms with van der Waals surface area (Å²) in [6, 6.07) is 48.2. The van der Waals surface area contributed by atoms with Gasteiger partial charge in [-0.05, 0) is 153 Å². The molecule has 0 radical (unpaired) electrons. The van der Waals surface area contributed by atoms with Gasteiger partial charge in [0.2, 0.25) is 0 Å². The van der Waals surface area contributed by atoms with E-state index >= 15 is 0 Å². The van der Waals surface area contributed by atoms with E-state index < -0.39 is 59.7 Å². The van der Waals surface area contributed by atoms with Gasteiger partial charge in [0.15, 0.2) is 0 Å². The van der Waals surface area contributed by atoms with Crippen LogP contribution in [0.15, 0.2) is 182 Å². The molecule has 5 aliphatic rings. The van der Waals surface area contributed by atoms with Gasteiger partial charge in [-0.1, -0.05) is 60.7 Å². The second-order valence-electron chi connectivity index (χ2n) is 22.8. The Morgan fingerprint density at radius 1 is 0.224 bits per heavy atom. The average Bonchev–Trinajstić information content (AvgIpc) is 1.56. The third-order valence-electron chi connectivity index (χ3n) is 18.0. The van der Waals surface area contributed by atoms with Crippen LogP contribution in [0.25, 0.3) is 0 Å². The molecule has 2 aliphatic carbocycles. The van der Waals surface area contributed by atoms with Gasteiger partial charge >= 0.3 is 0 Å². The second-order valence-corrected chi connectivity index (χ2v) is 22.8. The van der Waals surface area contributed by atoms with Crippen molar-refractivity contribution >= 4 is 0 Å². The Morgan fingerprint density at radius 2 is 0.588 bits per heavy atom. The Hall–Kier alpha value is -10.8. The van der Waals surface area contributed by atoms with Gasteiger partial charge < -0.3 is 75.5 Å². The molecule has 0 saturated carbocycles. The van der Waals surface area contributed by atoms with E-state index in [1.165, 1.54) is 54.6 Å². The summed E-state index contributed by atoms with van der Waals surface area (Å²) in [7, 11) is 0. The fraction of sp³-hybridized carbons (Fsp3) is 0.143. The number of hydrogen-bond acceptors (Lipinski definition) is 15. The number of fused-ring (bicyclic) bond motifs is 9. The molecular weight excluding hydrogens is 1080 g/mol. The van der Waals surface area contributed by atoms with Crippen molar-refractivity contribution in [3.05, 3.63) is 265 Å². The topological polar surface area (TPSA) is 270 Å². The largest absolute Gasteiger partial charge is 0.508 e. The molecule has 10 aromatic rings. The summed E-state index contributed by atoms with van der Waals surface area (Å²) in [6.45, 7) is 0. The highest BCUT2D eigenvalue weighted by Gasteiger charge is 2.59. The zero-order valence-electron chi connectivity index (χ0n) is 44.7. The van der Waals surface area contributed by atoms with Crippen molar-refractivity contribution in [1.82, 2.24) is 0 Å². The number of rotatable bonds is 8. The maximum atomic E-state index is 14.0. The van der Waals surface area contributed by atoms with E-state index in [0.717, 1.165) is 0 Å². The Morgan fingerprint density at radius 3 is 1.04 bits per heavy atom. The predicted octanol–water partition coefficient (Wildman–Crippen LogP) is 13.1. The maximum Gasteiger partial charge on any atom is 0.135 e. The number of benzene rings is 10. The monoisotopic (exact) mass is 1130 g/mol. The Balaban J connectivity index is 1.00. The summed E-state index contributed by atoms with van der Waals surface area (Å²) < 4.78 is 21.0. The first-order chi connectivity index (χ1) is 41.0. The lowest BCUT2D eigenvalue weighted by Gasteiger charge is -2.28. The van der Waals surface area contributed by atoms with Crippen LogP contribution < -0.4 is 14.2 Å². The molecule has 0 aromatic heterocycles. The number of aromatic hydroxyl groups is 12. The maximum absolute atomic E-state index is 14.0. The predicted molar refractivity (Wildman–Crippen MR) is 309 cm³/mol. The van der Waals surface area contributed by atoms with E-state index in [9.17, 15) is 61.3 Å². The zero-order chi connectivity index (χ0) is 58.4. The summed E-state index contributed by atoms with van der Waals surface area (Å²) in [5.74, 6) is -5.70. The van der Waals surface area contributed by atoms with Crippen LogP contribution in [-0.4, -0.2) is 61.3 Å². The van der Waals surface area contributed by atoms with E-state index in [1.807, 2.05) is 6.07 Å². The van der Waals surface area contributed by atoms with Gasteiger partial charge in [-0.15, -0.1) is 0 Å². The van der Waals surface area contributed by atoms with Crippen molar-refractivity contribution < 1.29 is 75.5 Å². The van der Waals surface area contributed by atoms with Crippen molar-refractivity contribution in [2.24, 2.45) is 0 Å². The molecule has 10 atom stereocenters. The van der Waals surface area contributed by atoms with E-state index in [-0.39, 0.29) is 80.5 Å². The molecule has 3 heterocycles. The van der Waals surface area contributed by atoms with Crippen molar-refractivity contribution in [2.75, 3.05) is 0 Å². The molecule has 15 rings (SSSR count). The molecule has 85 heavy (non-hydrogen) atoms. The second kappa shape index (κ2) is 18.9. The highest BCUT2D eigenvalue weighted by molar-refractivity contribution is 5.76. The first kappa shape index (κ1) is 51.1. The molecule has 0 amide bonds. The molecule has 0 fully saturated rings. The van der Waals surface area contributed by atoms with Crippen molar-refractivity contribution in [3.8, 4) is 86.2 Å². The Kier molecular flexibility index (Phi) is 11.3. The van der Waals surface area contributed by atoms with E-state index in [4.69, 9.17) is 14.2 Å². The molecule has 15 heteroatoms. The van der Waals surface area contributed by atoms with Crippen molar-refractivity contribution in [2.45, 2.75) is 59.7 Å². The fourth-order valence-electron chi connectivity index (χ4n) is 14.9. The van der Waals surface area contributed by atoms with Crippen LogP contribution in [0.1, 0.15) is 143 Å². The van der Waals surface area contributed by atoms with Crippen LogP contribution in [-0.2, 0) is 0 Å². The minimum Gasteiger partial charge on any atom is -0.508 e. The summed E-state index contributed by atoms with van der Waals surface area (Å²) in [5.41, 5.74) is 8.51. The van der Waals surface area contributed by atoms with Gasteiger partial charge in [-0.2, -0.15) is 0 Å². The van der Waals surface area contributed by atoms with Gasteiger partial charge in [-0.25, -0.2) is 0 Å². The standard InChI is InChI=1S/C70H52O15/c71-38-11-1-31(2-12-38)54-59-49-29-52-64(61(70(84-52)35-9-19-42(75)20-10-35)48-27-47(80)28-51-58(48)56(36-21-43(76)25-44(77)22-36)68(83-51)33-5-15-40(73)16-6-33)67(82)60(49)55(32-3-13-39(72)14-4-32)65(59)66-62(54)50(81)30-53-63(66)57(37-23-45(78)26-46(79)24-37)69(85-53)34-7-17-41(74)18-8-34/h1-30,54-57,59,61,65,68-82H/t54-,55+,56?,57+,59-,61-,65-,68?,69-,70+/m1/s1. The normalized spacial score (nSPS) is 22.7. The van der Waals surface area contributed by atoms with Crippen LogP contribution in [0.5, 0.6) is 86.2 Å². The lowest BCUT2D eigenvalue weighted by molar-refractivity contribution is 0.219. The minimum atomic E-state index is -0.974. The van der Waals surface area contributed by atoms with Gasteiger partial charge in [0, 0.05) is 75.8 Å². The summed E-state index contributed by atoms with van der Waals surface area (Å²) in [4.78, 5) is 0. The first-order valence-electron chi connectivity index (χ1n) is 27.7. The molecule has 2 unspecified atom stereocenters. The molecule has 0 bridgehead atoms. The average molecular weight is 1130 g/mol. The summed E-state index contributed by atoms with van der Waals surface area (Å²) in [5, 5.41) is 136. The van der Waals surface area contributed by atoms with E-state index in [2.05, 4.69) is 0 Å². The first-order valence-corrected chi connectivity index (χ1v) is 27.7. The highest BCUT2D eigenvalue weighted by atomic mass is 16.5. The molecule has 0 spiro atoms. The number of phenols is 12. The van der Waals surface area contributed by atoms with Gasteiger partial charge in [0.05, 0.1) is 17.8 Å². The molecule has 0 saturated heterocycles. The lowest BCUT2D eigenvalue weighted by atomic mass is 9.74. The SMILES string of the molecule is Oc1ccc(C2Oc3cc(O)cc([C@@H]4c5c(cc6c(c5O)[C@H](c5ccc(O)cc5)[C@H]5c7c(c(O)cc8c7[C@H](c7cc(O)cc(O)c7)[C@@H](c7ccc(O)cc7)O8)[C@H](c7ccc(O)cc7)[C@@H]65)O[C@H]4c4ccc(O)cc4)c3C2c2cc(O)cc(O)c2)cc1. The number of phenolic OH excluding ortho intramolecular Hbond substituents is 12. The van der Waals surface area contributed by atoms with E-state index in [1.54, 1.807) is 121 Å². The van der Waals surface area contributed by atoms with Gasteiger partial charge in [-0.3, -0.25) is 0 Å². The zero-order valence-corrected chi connectivity index (χ0v) is 44.7. The molecule has 12 N–H and O–H groups in total. The van der Waals surface area contributed by atoms with Gasteiger partial charge in [0.25, 0.3) is 0 Å².